The van der Waals surface area contributed by atoms with Crippen LogP contribution in [-0.2, 0) is 11.4 Å². The number of ether oxygens (including phenoxy) is 1. The van der Waals surface area contributed by atoms with E-state index < -0.39 is 4.92 Å². The van der Waals surface area contributed by atoms with Gasteiger partial charge in [0.05, 0.1) is 18.6 Å². The molecule has 0 atom stereocenters. The standard InChI is InChI=1S/C8H10N2O4.ClH/c1-13-8-3-2-6(5-14-9)4-7(8)10(11)12;/h2-4H,5,9H2,1H3;1H. The van der Waals surface area contributed by atoms with Crippen molar-refractivity contribution in [3.63, 3.8) is 0 Å². The number of nitro benzene ring substituents is 1. The molecule has 1 aromatic carbocycles. The molecular weight excluding hydrogens is 224 g/mol. The van der Waals surface area contributed by atoms with E-state index in [4.69, 9.17) is 10.6 Å². The van der Waals surface area contributed by atoms with Gasteiger partial charge in [-0.2, -0.15) is 0 Å². The second-order valence-electron chi connectivity index (χ2n) is 2.57. The number of halogens is 1. The minimum atomic E-state index is -0.515. The minimum Gasteiger partial charge on any atom is -0.490 e. The summed E-state index contributed by atoms with van der Waals surface area (Å²) in [4.78, 5) is 14.4. The Morgan fingerprint density at radius 1 is 1.53 bits per heavy atom. The Morgan fingerprint density at radius 3 is 2.67 bits per heavy atom. The zero-order valence-electron chi connectivity index (χ0n) is 8.00. The lowest BCUT2D eigenvalue weighted by Gasteiger charge is -2.03. The molecule has 0 saturated heterocycles. The number of hydrogen-bond donors (Lipinski definition) is 1. The van der Waals surface area contributed by atoms with Crippen molar-refractivity contribution < 1.29 is 14.5 Å². The molecule has 84 valence electrons. The molecule has 2 N–H and O–H groups in total. The van der Waals surface area contributed by atoms with Gasteiger partial charge >= 0.3 is 5.69 Å². The van der Waals surface area contributed by atoms with E-state index >= 15 is 0 Å². The molecular formula is C8H11ClN2O4. The van der Waals surface area contributed by atoms with Crippen LogP contribution in [0.2, 0.25) is 0 Å². The normalized spacial score (nSPS) is 9.20. The van der Waals surface area contributed by atoms with Crippen molar-refractivity contribution in [2.75, 3.05) is 7.11 Å². The van der Waals surface area contributed by atoms with Crippen molar-refractivity contribution >= 4 is 18.1 Å². The summed E-state index contributed by atoms with van der Waals surface area (Å²) in [7, 11) is 1.38. The molecule has 0 saturated carbocycles. The number of nitro groups is 1. The van der Waals surface area contributed by atoms with Crippen molar-refractivity contribution in [1.82, 2.24) is 0 Å². The van der Waals surface area contributed by atoms with E-state index in [0.29, 0.717) is 5.56 Å². The second kappa shape index (κ2) is 6.18. The van der Waals surface area contributed by atoms with E-state index in [2.05, 4.69) is 4.84 Å². The maximum Gasteiger partial charge on any atom is 0.311 e. The molecule has 0 unspecified atom stereocenters. The van der Waals surface area contributed by atoms with Crippen molar-refractivity contribution in [3.05, 3.63) is 33.9 Å². The van der Waals surface area contributed by atoms with Crippen LogP contribution in [0, 0.1) is 10.1 Å². The van der Waals surface area contributed by atoms with E-state index in [1.165, 1.54) is 19.2 Å². The lowest BCUT2D eigenvalue weighted by atomic mass is 10.2. The lowest BCUT2D eigenvalue weighted by molar-refractivity contribution is -0.385. The molecule has 0 amide bonds. The monoisotopic (exact) mass is 234 g/mol. The molecule has 0 aromatic heterocycles. The fourth-order valence-corrected chi connectivity index (χ4v) is 1.06. The summed E-state index contributed by atoms with van der Waals surface area (Å²) in [6.07, 6.45) is 0. The predicted molar refractivity (Wildman–Crippen MR) is 55.9 cm³/mol. The van der Waals surface area contributed by atoms with Gasteiger partial charge in [-0.1, -0.05) is 6.07 Å². The Kier molecular flexibility index (Phi) is 5.61. The topological polar surface area (TPSA) is 87.6 Å². The molecule has 0 fully saturated rings. The highest BCUT2D eigenvalue weighted by Crippen LogP contribution is 2.27. The zero-order chi connectivity index (χ0) is 10.6. The third kappa shape index (κ3) is 3.35. The average molecular weight is 235 g/mol. The molecule has 0 radical (unpaired) electrons. The van der Waals surface area contributed by atoms with Crippen LogP contribution >= 0.6 is 12.4 Å². The summed E-state index contributed by atoms with van der Waals surface area (Å²) < 4.78 is 4.83. The highest BCUT2D eigenvalue weighted by molar-refractivity contribution is 5.85. The summed E-state index contributed by atoms with van der Waals surface area (Å²) >= 11 is 0. The first-order valence-corrected chi connectivity index (χ1v) is 3.82. The number of methoxy groups -OCH3 is 1. The maximum absolute atomic E-state index is 10.6. The third-order valence-corrected chi connectivity index (χ3v) is 1.69. The van der Waals surface area contributed by atoms with Crippen LogP contribution in [0.5, 0.6) is 5.75 Å². The van der Waals surface area contributed by atoms with Gasteiger partial charge in [0.15, 0.2) is 5.75 Å². The van der Waals surface area contributed by atoms with Crippen LogP contribution in [-0.4, -0.2) is 12.0 Å². The van der Waals surface area contributed by atoms with Gasteiger partial charge in [0, 0.05) is 6.07 Å². The number of rotatable bonds is 4. The van der Waals surface area contributed by atoms with Crippen LogP contribution in [0.3, 0.4) is 0 Å². The van der Waals surface area contributed by atoms with Crippen LogP contribution < -0.4 is 10.6 Å². The molecule has 15 heavy (non-hydrogen) atoms. The summed E-state index contributed by atoms with van der Waals surface area (Å²) in [5.74, 6) is 5.07. The van der Waals surface area contributed by atoms with Crippen LogP contribution in [0.15, 0.2) is 18.2 Å². The minimum absolute atomic E-state index is 0. The van der Waals surface area contributed by atoms with Gasteiger partial charge < -0.3 is 4.74 Å². The van der Waals surface area contributed by atoms with Crippen molar-refractivity contribution in [1.29, 1.82) is 0 Å². The number of benzene rings is 1. The first kappa shape index (κ1) is 13.6. The van der Waals surface area contributed by atoms with E-state index in [1.54, 1.807) is 6.07 Å². The molecule has 1 rings (SSSR count). The Bertz CT molecular complexity index is 345. The molecule has 0 aliphatic carbocycles. The first-order chi connectivity index (χ1) is 6.69. The molecule has 0 spiro atoms. The van der Waals surface area contributed by atoms with Gasteiger partial charge in [-0.05, 0) is 11.6 Å². The van der Waals surface area contributed by atoms with Gasteiger partial charge in [0.25, 0.3) is 0 Å². The zero-order valence-corrected chi connectivity index (χ0v) is 8.82. The van der Waals surface area contributed by atoms with E-state index in [-0.39, 0.29) is 30.5 Å². The van der Waals surface area contributed by atoms with Crippen molar-refractivity contribution in [2.24, 2.45) is 5.90 Å². The van der Waals surface area contributed by atoms with Gasteiger partial charge in [-0.15, -0.1) is 12.4 Å². The quantitative estimate of drug-likeness (QED) is 0.629. The first-order valence-electron chi connectivity index (χ1n) is 3.82. The summed E-state index contributed by atoms with van der Waals surface area (Å²) in [5, 5.41) is 10.6. The van der Waals surface area contributed by atoms with Crippen molar-refractivity contribution in [2.45, 2.75) is 6.61 Å². The molecule has 0 heterocycles. The molecule has 0 aliphatic rings. The smallest absolute Gasteiger partial charge is 0.311 e. The van der Waals surface area contributed by atoms with E-state index in [9.17, 15) is 10.1 Å². The van der Waals surface area contributed by atoms with Crippen LogP contribution in [0.1, 0.15) is 5.56 Å². The van der Waals surface area contributed by atoms with Gasteiger partial charge in [-0.25, -0.2) is 5.90 Å². The highest BCUT2D eigenvalue weighted by atomic mass is 35.5. The summed E-state index contributed by atoms with van der Waals surface area (Å²) in [6.45, 7) is 0.130. The molecule has 7 heteroatoms. The summed E-state index contributed by atoms with van der Waals surface area (Å²) in [5.41, 5.74) is 0.530. The molecule has 0 aliphatic heterocycles. The Balaban J connectivity index is 0.00000196. The average Bonchev–Trinajstić information content (AvgIpc) is 2.18. The summed E-state index contributed by atoms with van der Waals surface area (Å²) in [6, 6.07) is 4.52. The third-order valence-electron chi connectivity index (χ3n) is 1.69. The number of nitrogens with two attached hydrogens (primary N) is 1. The maximum atomic E-state index is 10.6. The number of hydrogen-bond acceptors (Lipinski definition) is 5. The number of nitrogens with zero attached hydrogens (tertiary/aromatic N) is 1. The highest BCUT2D eigenvalue weighted by Gasteiger charge is 2.14. The molecule has 6 nitrogen and oxygen atoms in total. The van der Waals surface area contributed by atoms with Crippen LogP contribution in [0.25, 0.3) is 0 Å². The second-order valence-corrected chi connectivity index (χ2v) is 2.57. The van der Waals surface area contributed by atoms with Gasteiger partial charge in [-0.3, -0.25) is 15.0 Å². The lowest BCUT2D eigenvalue weighted by Crippen LogP contribution is -2.00. The van der Waals surface area contributed by atoms with E-state index in [0.717, 1.165) is 0 Å². The molecule has 1 aromatic rings. The Labute approximate surface area is 92.5 Å². The van der Waals surface area contributed by atoms with Crippen molar-refractivity contribution in [3.8, 4) is 5.75 Å². The Hall–Kier alpha value is -1.37. The van der Waals surface area contributed by atoms with Gasteiger partial charge in [0.2, 0.25) is 0 Å². The van der Waals surface area contributed by atoms with Crippen LogP contribution in [0.4, 0.5) is 5.69 Å². The largest absolute Gasteiger partial charge is 0.490 e. The van der Waals surface area contributed by atoms with Gasteiger partial charge in [0.1, 0.15) is 0 Å². The fraction of sp³-hybridized carbons (Fsp3) is 0.250. The fourth-order valence-electron chi connectivity index (χ4n) is 1.06. The Morgan fingerprint density at radius 2 is 2.20 bits per heavy atom. The predicted octanol–water partition coefficient (Wildman–Crippen LogP) is 1.42. The van der Waals surface area contributed by atoms with E-state index in [1.807, 2.05) is 0 Å². The molecule has 0 bridgehead atoms. The SMILES string of the molecule is COc1ccc(CON)cc1[N+](=O)[O-].Cl.